The maximum Gasteiger partial charge on any atom is 0.339 e. The maximum absolute atomic E-state index is 11.5. The smallest absolute Gasteiger partial charge is 0.339 e. The molecule has 0 spiro atoms. The van der Waals surface area contributed by atoms with Crippen molar-refractivity contribution in [3.63, 3.8) is 0 Å². The molecule has 26 heavy (non-hydrogen) atoms. The summed E-state index contributed by atoms with van der Waals surface area (Å²) in [5, 5.41) is 9.31. The van der Waals surface area contributed by atoms with Crippen LogP contribution in [0.1, 0.15) is 27.7 Å². The van der Waals surface area contributed by atoms with Crippen LogP contribution in [-0.2, 0) is 52.7 Å². The Morgan fingerprint density at radius 1 is 0.731 bits per heavy atom. The molecule has 1 aliphatic rings. The number of carboxylic acids is 1. The summed E-state index contributed by atoms with van der Waals surface area (Å²) in [6.45, 7) is 4.00. The number of ether oxygens (including phenoxy) is 4. The Morgan fingerprint density at radius 3 is 1.65 bits per heavy atom. The summed E-state index contributed by atoms with van der Waals surface area (Å²) in [4.78, 5) is 65.5. The van der Waals surface area contributed by atoms with Crippen molar-refractivity contribution in [2.45, 2.75) is 58.4 Å². The van der Waals surface area contributed by atoms with Crippen LogP contribution >= 0.6 is 0 Å². The highest BCUT2D eigenvalue weighted by Gasteiger charge is 2.55. The summed E-state index contributed by atoms with van der Waals surface area (Å²) in [6.07, 6.45) is -8.49. The zero-order valence-corrected chi connectivity index (χ0v) is 14.3. The molecule has 0 aliphatic carbocycles. The topological polar surface area (TPSA) is 161 Å². The minimum atomic E-state index is -1.88. The standard InChI is InChI=1S/C14H18O12/c1-5(15)21-9-10(26-25-8(4)18)11(13(19)20)24-14(23-7(3)17)12(9)22-6(2)16/h9-12,14H,1-4H3,(H,19,20)/t9-,10?,11-,12+,14+/m1/s1. The molecule has 1 unspecified atom stereocenters. The van der Waals surface area contributed by atoms with Crippen molar-refractivity contribution >= 4 is 29.8 Å². The fourth-order valence-corrected chi connectivity index (χ4v) is 2.14. The van der Waals surface area contributed by atoms with Gasteiger partial charge in [-0.2, -0.15) is 4.89 Å². The number of hydrogen-bond acceptors (Lipinski definition) is 11. The van der Waals surface area contributed by atoms with E-state index < -0.39 is 60.6 Å². The van der Waals surface area contributed by atoms with E-state index in [0.29, 0.717) is 0 Å². The summed E-state index contributed by atoms with van der Waals surface area (Å²) in [5.74, 6) is -5.17. The number of aliphatic carboxylic acids is 1. The summed E-state index contributed by atoms with van der Waals surface area (Å²) in [5.41, 5.74) is 0. The molecule has 0 radical (unpaired) electrons. The van der Waals surface area contributed by atoms with Crippen LogP contribution in [-0.4, -0.2) is 65.7 Å². The van der Waals surface area contributed by atoms with Crippen LogP contribution in [0, 0.1) is 0 Å². The molecule has 0 aromatic heterocycles. The fourth-order valence-electron chi connectivity index (χ4n) is 2.14. The molecule has 12 nitrogen and oxygen atoms in total. The van der Waals surface area contributed by atoms with E-state index in [0.717, 1.165) is 27.7 Å². The average molecular weight is 378 g/mol. The van der Waals surface area contributed by atoms with Crippen molar-refractivity contribution < 1.29 is 57.8 Å². The second-order valence-corrected chi connectivity index (χ2v) is 5.16. The summed E-state index contributed by atoms with van der Waals surface area (Å²) in [6, 6.07) is 0. The molecule has 1 heterocycles. The van der Waals surface area contributed by atoms with Gasteiger partial charge in [-0.3, -0.25) is 19.3 Å². The normalized spacial score (nSPS) is 27.8. The Kier molecular flexibility index (Phi) is 7.46. The quantitative estimate of drug-likeness (QED) is 0.262. The highest BCUT2D eigenvalue weighted by Crippen LogP contribution is 2.29. The first-order chi connectivity index (χ1) is 12.0. The van der Waals surface area contributed by atoms with Gasteiger partial charge in [0.05, 0.1) is 0 Å². The first kappa shape index (κ1) is 21.3. The van der Waals surface area contributed by atoms with Crippen molar-refractivity contribution in [2.24, 2.45) is 0 Å². The van der Waals surface area contributed by atoms with Gasteiger partial charge in [-0.25, -0.2) is 9.59 Å². The number of esters is 3. The molecule has 5 atom stereocenters. The van der Waals surface area contributed by atoms with Gasteiger partial charge in [-0.1, -0.05) is 0 Å². The summed E-state index contributed by atoms with van der Waals surface area (Å²) < 4.78 is 19.8. The first-order valence-electron chi connectivity index (χ1n) is 7.26. The lowest BCUT2D eigenvalue weighted by atomic mass is 9.98. The number of carbonyl (C=O) groups excluding carboxylic acids is 4. The van der Waals surface area contributed by atoms with E-state index in [2.05, 4.69) is 4.89 Å². The molecule has 1 rings (SSSR count). The SMILES string of the molecule is CC(=O)OOC1[C@@H](OC(C)=O)[C@H](OC(C)=O)[C@@H](OC(C)=O)O[C@H]1C(=O)O. The van der Waals surface area contributed by atoms with Crippen LogP contribution in [0.25, 0.3) is 0 Å². The van der Waals surface area contributed by atoms with E-state index in [-0.39, 0.29) is 0 Å². The number of rotatable bonds is 6. The van der Waals surface area contributed by atoms with Gasteiger partial charge >= 0.3 is 29.8 Å². The lowest BCUT2D eigenvalue weighted by Crippen LogP contribution is -2.63. The van der Waals surface area contributed by atoms with E-state index >= 15 is 0 Å². The third-order valence-electron chi connectivity index (χ3n) is 2.90. The second-order valence-electron chi connectivity index (χ2n) is 5.16. The second kappa shape index (κ2) is 9.10. The van der Waals surface area contributed by atoms with Crippen LogP contribution in [0.15, 0.2) is 0 Å². The first-order valence-corrected chi connectivity index (χ1v) is 7.26. The summed E-state index contributed by atoms with van der Waals surface area (Å²) in [7, 11) is 0. The molecule has 1 fully saturated rings. The van der Waals surface area contributed by atoms with Crippen molar-refractivity contribution in [1.29, 1.82) is 0 Å². The van der Waals surface area contributed by atoms with E-state index in [9.17, 15) is 29.1 Å². The molecule has 146 valence electrons. The molecule has 0 aromatic carbocycles. The number of hydrogen-bond donors (Lipinski definition) is 1. The monoisotopic (exact) mass is 378 g/mol. The molecular weight excluding hydrogens is 360 g/mol. The Morgan fingerprint density at radius 2 is 1.23 bits per heavy atom. The van der Waals surface area contributed by atoms with E-state index in [4.69, 9.17) is 23.8 Å². The molecule has 1 N–H and O–H groups in total. The predicted octanol–water partition coefficient (Wildman–Crippen LogP) is -0.914. The third-order valence-corrected chi connectivity index (χ3v) is 2.90. The van der Waals surface area contributed by atoms with Crippen LogP contribution < -0.4 is 0 Å². The van der Waals surface area contributed by atoms with Gasteiger partial charge in [0, 0.05) is 27.7 Å². The van der Waals surface area contributed by atoms with Gasteiger partial charge in [0.25, 0.3) is 0 Å². The van der Waals surface area contributed by atoms with Gasteiger partial charge in [-0.05, 0) is 0 Å². The van der Waals surface area contributed by atoms with Crippen LogP contribution in [0.2, 0.25) is 0 Å². The Bertz CT molecular complexity index is 582. The van der Waals surface area contributed by atoms with Crippen LogP contribution in [0.4, 0.5) is 0 Å². The number of carboxylic acid groups (broad SMARTS) is 1. The predicted molar refractivity (Wildman–Crippen MR) is 75.8 cm³/mol. The lowest BCUT2D eigenvalue weighted by Gasteiger charge is -2.41. The van der Waals surface area contributed by atoms with Crippen molar-refractivity contribution in [3.05, 3.63) is 0 Å². The van der Waals surface area contributed by atoms with Gasteiger partial charge in [-0.15, -0.1) is 0 Å². The van der Waals surface area contributed by atoms with Gasteiger partial charge in [0.15, 0.2) is 18.3 Å². The minimum Gasteiger partial charge on any atom is -0.479 e. The highest BCUT2D eigenvalue weighted by molar-refractivity contribution is 5.74. The molecule has 12 heteroatoms. The van der Waals surface area contributed by atoms with E-state index in [1.54, 1.807) is 0 Å². The molecule has 0 saturated carbocycles. The lowest BCUT2D eigenvalue weighted by molar-refractivity contribution is -0.367. The van der Waals surface area contributed by atoms with Gasteiger partial charge in [0.2, 0.25) is 12.4 Å². The van der Waals surface area contributed by atoms with Crippen LogP contribution in [0.3, 0.4) is 0 Å². The highest BCUT2D eigenvalue weighted by atomic mass is 17.2. The summed E-state index contributed by atoms with van der Waals surface area (Å²) >= 11 is 0. The molecule has 0 amide bonds. The largest absolute Gasteiger partial charge is 0.479 e. The molecule has 1 saturated heterocycles. The Hall–Kier alpha value is -2.73. The van der Waals surface area contributed by atoms with Crippen molar-refractivity contribution in [2.75, 3.05) is 0 Å². The molecule has 0 aromatic rings. The average Bonchev–Trinajstić information content (AvgIpc) is 2.47. The maximum atomic E-state index is 11.5. The molecule has 1 aliphatic heterocycles. The molecular formula is C14H18O12. The van der Waals surface area contributed by atoms with Gasteiger partial charge < -0.3 is 24.1 Å². The Labute approximate surface area is 147 Å². The zero-order valence-electron chi connectivity index (χ0n) is 14.3. The van der Waals surface area contributed by atoms with Crippen molar-refractivity contribution in [3.8, 4) is 0 Å². The van der Waals surface area contributed by atoms with Crippen LogP contribution in [0.5, 0.6) is 0 Å². The minimum absolute atomic E-state index is 0.868. The van der Waals surface area contributed by atoms with Gasteiger partial charge in [0.1, 0.15) is 0 Å². The van der Waals surface area contributed by atoms with E-state index in [1.165, 1.54) is 0 Å². The molecule has 0 bridgehead atoms. The Balaban J connectivity index is 3.29. The fraction of sp³-hybridized carbons (Fsp3) is 0.643. The third kappa shape index (κ3) is 5.97. The number of carbonyl (C=O) groups is 5. The van der Waals surface area contributed by atoms with E-state index in [1.807, 2.05) is 0 Å². The zero-order chi connectivity index (χ0) is 20.0. The van der Waals surface area contributed by atoms with Crippen molar-refractivity contribution in [1.82, 2.24) is 0 Å².